The van der Waals surface area contributed by atoms with E-state index in [0.29, 0.717) is 0 Å². The van der Waals surface area contributed by atoms with Crippen molar-refractivity contribution in [2.75, 3.05) is 5.75 Å². The number of nitrogens with one attached hydrogen (secondary N) is 1. The van der Waals surface area contributed by atoms with Gasteiger partial charge in [0.15, 0.2) is 0 Å². The SMILES string of the molecule is Cc1cc(CC(CSc2ccc(Br)cc2)NN)n(C)n1. The van der Waals surface area contributed by atoms with Gasteiger partial charge >= 0.3 is 0 Å². The molecule has 6 heteroatoms. The number of hydrogen-bond donors (Lipinski definition) is 2. The van der Waals surface area contributed by atoms with Gasteiger partial charge in [-0.3, -0.25) is 16.0 Å². The molecule has 0 aliphatic heterocycles. The summed E-state index contributed by atoms with van der Waals surface area (Å²) in [6.07, 6.45) is 0.872. The van der Waals surface area contributed by atoms with Crippen molar-refractivity contribution in [3.8, 4) is 0 Å². The maximum absolute atomic E-state index is 5.67. The molecule has 1 atom stereocenters. The molecule has 2 aromatic rings. The summed E-state index contributed by atoms with van der Waals surface area (Å²) in [5, 5.41) is 4.36. The number of nitrogens with zero attached hydrogens (tertiary/aromatic N) is 2. The third-order valence-corrected chi connectivity index (χ3v) is 4.76. The van der Waals surface area contributed by atoms with Crippen molar-refractivity contribution in [3.05, 3.63) is 46.2 Å². The van der Waals surface area contributed by atoms with Crippen LogP contribution in [0, 0.1) is 6.92 Å². The van der Waals surface area contributed by atoms with Crippen molar-refractivity contribution in [3.63, 3.8) is 0 Å². The van der Waals surface area contributed by atoms with Crippen LogP contribution in [-0.2, 0) is 13.5 Å². The average molecular weight is 355 g/mol. The minimum atomic E-state index is 0.221. The lowest BCUT2D eigenvalue weighted by Gasteiger charge is -2.15. The molecule has 0 fully saturated rings. The molecule has 20 heavy (non-hydrogen) atoms. The van der Waals surface area contributed by atoms with Crippen molar-refractivity contribution in [1.29, 1.82) is 0 Å². The van der Waals surface area contributed by atoms with Crippen LogP contribution in [-0.4, -0.2) is 21.6 Å². The number of nitrogens with two attached hydrogens (primary N) is 1. The molecule has 1 heterocycles. The molecule has 1 aromatic heterocycles. The molecule has 3 N–H and O–H groups in total. The third kappa shape index (κ3) is 4.34. The number of halogens is 1. The minimum absolute atomic E-state index is 0.221. The summed E-state index contributed by atoms with van der Waals surface area (Å²) in [6, 6.07) is 10.6. The molecule has 0 radical (unpaired) electrons. The second-order valence-electron chi connectivity index (χ2n) is 4.73. The predicted molar refractivity (Wildman–Crippen MR) is 87.6 cm³/mol. The van der Waals surface area contributed by atoms with Gasteiger partial charge in [-0.25, -0.2) is 0 Å². The first-order valence-electron chi connectivity index (χ1n) is 6.42. The first-order chi connectivity index (χ1) is 9.58. The van der Waals surface area contributed by atoms with Gasteiger partial charge < -0.3 is 0 Å². The highest BCUT2D eigenvalue weighted by atomic mass is 79.9. The Morgan fingerprint density at radius 2 is 2.10 bits per heavy atom. The molecule has 1 unspecified atom stereocenters. The number of hydrazine groups is 1. The molecule has 0 amide bonds. The Bertz CT molecular complexity index is 553. The highest BCUT2D eigenvalue weighted by Crippen LogP contribution is 2.22. The first-order valence-corrected chi connectivity index (χ1v) is 8.20. The standard InChI is InChI=1S/C14H19BrN4S/c1-10-7-13(19(2)18-10)8-12(17-16)9-20-14-5-3-11(15)4-6-14/h3-7,12,17H,8-9,16H2,1-2H3. The molecular formula is C14H19BrN4S. The molecule has 0 saturated carbocycles. The quantitative estimate of drug-likeness (QED) is 0.475. The first kappa shape index (κ1) is 15.6. The Morgan fingerprint density at radius 3 is 2.65 bits per heavy atom. The van der Waals surface area contributed by atoms with E-state index >= 15 is 0 Å². The topological polar surface area (TPSA) is 55.9 Å². The van der Waals surface area contributed by atoms with Crippen LogP contribution in [0.5, 0.6) is 0 Å². The third-order valence-electron chi connectivity index (χ3n) is 3.05. The average Bonchev–Trinajstić information content (AvgIpc) is 2.74. The van der Waals surface area contributed by atoms with E-state index in [1.54, 1.807) is 11.8 Å². The zero-order chi connectivity index (χ0) is 14.5. The molecule has 4 nitrogen and oxygen atoms in total. The van der Waals surface area contributed by atoms with Crippen molar-refractivity contribution in [2.45, 2.75) is 24.3 Å². The zero-order valence-corrected chi connectivity index (χ0v) is 14.0. The van der Waals surface area contributed by atoms with Crippen LogP contribution >= 0.6 is 27.7 Å². The van der Waals surface area contributed by atoms with E-state index in [4.69, 9.17) is 5.84 Å². The number of rotatable bonds is 6. The lowest BCUT2D eigenvalue weighted by Crippen LogP contribution is -2.39. The Morgan fingerprint density at radius 1 is 1.40 bits per heavy atom. The summed E-state index contributed by atoms with van der Waals surface area (Å²) in [5.74, 6) is 6.58. The Hall–Kier alpha value is -0.820. The van der Waals surface area contributed by atoms with Crippen molar-refractivity contribution in [1.82, 2.24) is 15.2 Å². The minimum Gasteiger partial charge on any atom is -0.272 e. The van der Waals surface area contributed by atoms with Gasteiger partial charge in [0.05, 0.1) is 5.69 Å². The fourth-order valence-corrected chi connectivity index (χ4v) is 3.20. The number of thioether (sulfide) groups is 1. The maximum Gasteiger partial charge on any atom is 0.0596 e. The fraction of sp³-hybridized carbons (Fsp3) is 0.357. The van der Waals surface area contributed by atoms with Gasteiger partial charge in [-0.2, -0.15) is 5.10 Å². The number of hydrogen-bond acceptors (Lipinski definition) is 4. The Balaban J connectivity index is 1.92. The molecule has 1 aromatic carbocycles. The van der Waals surface area contributed by atoms with Crippen LogP contribution in [0.1, 0.15) is 11.4 Å². The number of aryl methyl sites for hydroxylation is 2. The van der Waals surface area contributed by atoms with Gasteiger partial charge in [-0.15, -0.1) is 11.8 Å². The van der Waals surface area contributed by atoms with Gasteiger partial charge in [0.25, 0.3) is 0 Å². The van der Waals surface area contributed by atoms with E-state index < -0.39 is 0 Å². The number of benzene rings is 1. The largest absolute Gasteiger partial charge is 0.272 e. The van der Waals surface area contributed by atoms with E-state index in [1.165, 1.54) is 10.6 Å². The Kier molecular flexibility index (Phi) is 5.65. The summed E-state index contributed by atoms with van der Waals surface area (Å²) in [6.45, 7) is 2.00. The highest BCUT2D eigenvalue weighted by molar-refractivity contribution is 9.10. The van der Waals surface area contributed by atoms with Gasteiger partial charge in [0.1, 0.15) is 0 Å². The van der Waals surface area contributed by atoms with E-state index in [0.717, 1.165) is 22.3 Å². The summed E-state index contributed by atoms with van der Waals surface area (Å²) in [5.41, 5.74) is 5.13. The fourth-order valence-electron chi connectivity index (χ4n) is 2.00. The normalized spacial score (nSPS) is 12.6. The molecule has 0 aliphatic carbocycles. The molecule has 0 aliphatic rings. The van der Waals surface area contributed by atoms with E-state index in [-0.39, 0.29) is 6.04 Å². The van der Waals surface area contributed by atoms with E-state index in [2.05, 4.69) is 56.8 Å². The smallest absolute Gasteiger partial charge is 0.0596 e. The molecular weight excluding hydrogens is 336 g/mol. The van der Waals surface area contributed by atoms with Crippen LogP contribution < -0.4 is 11.3 Å². The predicted octanol–water partition coefficient (Wildman–Crippen LogP) is 2.66. The lowest BCUT2D eigenvalue weighted by atomic mass is 10.2. The van der Waals surface area contributed by atoms with Gasteiger partial charge in [0.2, 0.25) is 0 Å². The van der Waals surface area contributed by atoms with E-state index in [1.807, 2.05) is 18.7 Å². The summed E-state index contributed by atoms with van der Waals surface area (Å²) in [7, 11) is 1.97. The maximum atomic E-state index is 5.67. The van der Waals surface area contributed by atoms with Crippen LogP contribution in [0.3, 0.4) is 0 Å². The van der Waals surface area contributed by atoms with Crippen LogP contribution in [0.25, 0.3) is 0 Å². The van der Waals surface area contributed by atoms with Crippen molar-refractivity contribution in [2.24, 2.45) is 12.9 Å². The summed E-state index contributed by atoms with van der Waals surface area (Å²) in [4.78, 5) is 1.25. The van der Waals surface area contributed by atoms with Crippen molar-refractivity contribution < 1.29 is 0 Å². The molecule has 108 valence electrons. The highest BCUT2D eigenvalue weighted by Gasteiger charge is 2.12. The molecule has 0 saturated heterocycles. The van der Waals surface area contributed by atoms with Gasteiger partial charge in [-0.1, -0.05) is 15.9 Å². The molecule has 0 bridgehead atoms. The lowest BCUT2D eigenvalue weighted by molar-refractivity contribution is 0.551. The second-order valence-corrected chi connectivity index (χ2v) is 6.74. The molecule has 2 rings (SSSR count). The summed E-state index contributed by atoms with van der Waals surface area (Å²) >= 11 is 5.24. The second kappa shape index (κ2) is 7.26. The number of aromatic nitrogens is 2. The monoisotopic (exact) mass is 354 g/mol. The van der Waals surface area contributed by atoms with Crippen LogP contribution in [0.4, 0.5) is 0 Å². The van der Waals surface area contributed by atoms with Crippen molar-refractivity contribution >= 4 is 27.7 Å². The zero-order valence-electron chi connectivity index (χ0n) is 11.6. The Labute approximate surface area is 132 Å². The summed E-state index contributed by atoms with van der Waals surface area (Å²) < 4.78 is 3.02. The van der Waals surface area contributed by atoms with Gasteiger partial charge in [-0.05, 0) is 37.3 Å². The van der Waals surface area contributed by atoms with E-state index in [9.17, 15) is 0 Å². The van der Waals surface area contributed by atoms with Crippen LogP contribution in [0.15, 0.2) is 39.7 Å². The van der Waals surface area contributed by atoms with Gasteiger partial charge in [0, 0.05) is 40.3 Å². The molecule has 0 spiro atoms. The van der Waals surface area contributed by atoms with Crippen LogP contribution in [0.2, 0.25) is 0 Å².